The van der Waals surface area contributed by atoms with E-state index >= 15 is 0 Å². The Morgan fingerprint density at radius 3 is 1.87 bits per heavy atom. The molecule has 1 fully saturated rings. The highest BCUT2D eigenvalue weighted by atomic mass is 16.5. The van der Waals surface area contributed by atoms with E-state index in [2.05, 4.69) is 5.32 Å². The number of carbonyl (C=O) groups excluding carboxylic acids is 1. The summed E-state index contributed by atoms with van der Waals surface area (Å²) < 4.78 is 6.53. The molecule has 2 N–H and O–H groups in total. The van der Waals surface area contributed by atoms with E-state index in [0.29, 0.717) is 6.54 Å². The molecular formula is C26H25NO4. The van der Waals surface area contributed by atoms with E-state index in [1.54, 1.807) is 0 Å². The number of nitrogens with one attached hydrogen (secondary N) is 1. The van der Waals surface area contributed by atoms with Gasteiger partial charge in [-0.05, 0) is 23.1 Å². The van der Waals surface area contributed by atoms with Crippen molar-refractivity contribution in [3.8, 4) is 0 Å². The van der Waals surface area contributed by atoms with Gasteiger partial charge in [0.1, 0.15) is 6.04 Å². The van der Waals surface area contributed by atoms with E-state index in [1.165, 1.54) is 0 Å². The maximum atomic E-state index is 14.1. The van der Waals surface area contributed by atoms with Crippen LogP contribution in [-0.2, 0) is 26.5 Å². The maximum Gasteiger partial charge on any atom is 0.320 e. The van der Waals surface area contributed by atoms with Gasteiger partial charge in [-0.1, -0.05) is 91.0 Å². The fourth-order valence-electron chi connectivity index (χ4n) is 4.21. The second-order valence-corrected chi connectivity index (χ2v) is 7.78. The molecule has 4 rings (SSSR count). The van der Waals surface area contributed by atoms with Crippen LogP contribution < -0.4 is 5.32 Å². The third-order valence-corrected chi connectivity index (χ3v) is 5.81. The largest absolute Gasteiger partial charge is 0.480 e. The SMILES string of the molecule is O=C(O)[C@@H]1C[C@@H](C(=O)C(OCc2ccccc2)(c2ccccc2)c2ccccc2)CN1. The topological polar surface area (TPSA) is 75.6 Å². The summed E-state index contributed by atoms with van der Waals surface area (Å²) in [6.45, 7) is 0.560. The van der Waals surface area contributed by atoms with Gasteiger partial charge in [0.2, 0.25) is 0 Å². The number of carboxylic acids is 1. The average Bonchev–Trinajstić information content (AvgIpc) is 3.32. The number of ketones is 1. The van der Waals surface area contributed by atoms with Crippen LogP contribution in [0.25, 0.3) is 0 Å². The summed E-state index contributed by atoms with van der Waals surface area (Å²) in [5, 5.41) is 12.4. The van der Waals surface area contributed by atoms with E-state index < -0.39 is 23.5 Å². The van der Waals surface area contributed by atoms with Crippen molar-refractivity contribution in [2.24, 2.45) is 5.92 Å². The van der Waals surface area contributed by atoms with Crippen LogP contribution in [0, 0.1) is 5.92 Å². The summed E-state index contributed by atoms with van der Waals surface area (Å²) in [4.78, 5) is 25.6. The molecule has 158 valence electrons. The Morgan fingerprint density at radius 1 is 0.871 bits per heavy atom. The van der Waals surface area contributed by atoms with Crippen LogP contribution in [0.1, 0.15) is 23.1 Å². The standard InChI is InChI=1S/C26H25NO4/c28-24(20-16-23(25(29)30)27-17-20)26(21-12-6-2-7-13-21,22-14-8-3-9-15-22)31-18-19-10-4-1-5-11-19/h1-15,20,23,27H,16-18H2,(H,29,30)/t20-,23+/m1/s1. The second-order valence-electron chi connectivity index (χ2n) is 7.78. The normalized spacial score (nSPS) is 18.6. The third-order valence-electron chi connectivity index (χ3n) is 5.81. The Balaban J connectivity index is 1.79. The molecule has 0 spiro atoms. The predicted molar refractivity (Wildman–Crippen MR) is 117 cm³/mol. The summed E-state index contributed by atoms with van der Waals surface area (Å²) in [6, 6.07) is 27.9. The monoisotopic (exact) mass is 415 g/mol. The first-order chi connectivity index (χ1) is 15.1. The number of carboxylic acid groups (broad SMARTS) is 1. The second kappa shape index (κ2) is 9.25. The molecule has 0 bridgehead atoms. The molecule has 1 aliphatic heterocycles. The van der Waals surface area contributed by atoms with Crippen molar-refractivity contribution < 1.29 is 19.4 Å². The molecule has 1 aliphatic rings. The number of carbonyl (C=O) groups is 2. The Morgan fingerprint density at radius 2 is 1.39 bits per heavy atom. The lowest BCUT2D eigenvalue weighted by molar-refractivity contribution is -0.146. The highest BCUT2D eigenvalue weighted by Crippen LogP contribution is 2.39. The molecule has 5 heteroatoms. The number of Topliss-reactive ketones (excluding diaryl/α,β-unsaturated/α-hetero) is 1. The van der Waals surface area contributed by atoms with Crippen molar-refractivity contribution in [3.63, 3.8) is 0 Å². The zero-order valence-electron chi connectivity index (χ0n) is 17.1. The van der Waals surface area contributed by atoms with Crippen LogP contribution >= 0.6 is 0 Å². The molecule has 0 aliphatic carbocycles. The Hall–Kier alpha value is -3.28. The number of rotatable bonds is 8. The minimum atomic E-state index is -1.34. The molecule has 5 nitrogen and oxygen atoms in total. The predicted octanol–water partition coefficient (Wildman–Crippen LogP) is 3.78. The van der Waals surface area contributed by atoms with Crippen molar-refractivity contribution in [1.29, 1.82) is 0 Å². The van der Waals surface area contributed by atoms with E-state index in [4.69, 9.17) is 4.74 Å². The molecule has 31 heavy (non-hydrogen) atoms. The van der Waals surface area contributed by atoms with Crippen LogP contribution in [0.15, 0.2) is 91.0 Å². The number of ether oxygens (including phenoxy) is 1. The lowest BCUT2D eigenvalue weighted by Crippen LogP contribution is -2.44. The molecule has 0 radical (unpaired) electrons. The van der Waals surface area contributed by atoms with Crippen molar-refractivity contribution in [3.05, 3.63) is 108 Å². The summed E-state index contributed by atoms with van der Waals surface area (Å²) in [5.74, 6) is -1.54. The van der Waals surface area contributed by atoms with Crippen LogP contribution in [-0.4, -0.2) is 29.4 Å². The lowest BCUT2D eigenvalue weighted by atomic mass is 9.77. The molecule has 2 atom stereocenters. The first-order valence-corrected chi connectivity index (χ1v) is 10.4. The van der Waals surface area contributed by atoms with Gasteiger partial charge in [-0.2, -0.15) is 0 Å². The van der Waals surface area contributed by atoms with Crippen LogP contribution in [0.2, 0.25) is 0 Å². The van der Waals surface area contributed by atoms with Crippen molar-refractivity contribution in [2.45, 2.75) is 24.7 Å². The number of aliphatic carboxylic acids is 1. The van der Waals surface area contributed by atoms with Gasteiger partial charge in [0.05, 0.1) is 6.61 Å². The number of benzene rings is 3. The van der Waals surface area contributed by atoms with Gasteiger partial charge in [0.25, 0.3) is 0 Å². The van der Waals surface area contributed by atoms with Crippen LogP contribution in [0.4, 0.5) is 0 Å². The molecule has 1 heterocycles. The van der Waals surface area contributed by atoms with Gasteiger partial charge < -0.3 is 15.2 Å². The van der Waals surface area contributed by atoms with Crippen molar-refractivity contribution >= 4 is 11.8 Å². The van der Waals surface area contributed by atoms with E-state index in [0.717, 1.165) is 16.7 Å². The van der Waals surface area contributed by atoms with Crippen LogP contribution in [0.3, 0.4) is 0 Å². The first-order valence-electron chi connectivity index (χ1n) is 10.4. The van der Waals surface area contributed by atoms with Gasteiger partial charge in [-0.25, -0.2) is 0 Å². The molecule has 1 saturated heterocycles. The fourth-order valence-corrected chi connectivity index (χ4v) is 4.21. The minimum Gasteiger partial charge on any atom is -0.480 e. The average molecular weight is 415 g/mol. The third kappa shape index (κ3) is 4.29. The Labute approximate surface area is 181 Å². The maximum absolute atomic E-state index is 14.1. The Bertz CT molecular complexity index is 982. The molecular weight excluding hydrogens is 390 g/mol. The molecule has 3 aromatic rings. The molecule has 3 aromatic carbocycles. The fraction of sp³-hybridized carbons (Fsp3) is 0.231. The smallest absolute Gasteiger partial charge is 0.320 e. The quantitative estimate of drug-likeness (QED) is 0.586. The first kappa shape index (κ1) is 21.0. The Kier molecular flexibility index (Phi) is 6.26. The zero-order valence-corrected chi connectivity index (χ0v) is 17.1. The van der Waals surface area contributed by atoms with Crippen molar-refractivity contribution in [1.82, 2.24) is 5.32 Å². The van der Waals surface area contributed by atoms with E-state index in [9.17, 15) is 14.7 Å². The van der Waals surface area contributed by atoms with E-state index in [1.807, 2.05) is 91.0 Å². The highest BCUT2D eigenvalue weighted by molar-refractivity contribution is 5.95. The summed E-state index contributed by atoms with van der Waals surface area (Å²) in [6.07, 6.45) is 0.240. The minimum absolute atomic E-state index is 0.128. The lowest BCUT2D eigenvalue weighted by Gasteiger charge is -2.35. The summed E-state index contributed by atoms with van der Waals surface area (Å²) in [7, 11) is 0. The van der Waals surface area contributed by atoms with Gasteiger partial charge in [0, 0.05) is 12.5 Å². The molecule has 0 aromatic heterocycles. The van der Waals surface area contributed by atoms with Gasteiger partial charge in [-0.3, -0.25) is 9.59 Å². The number of hydrogen-bond acceptors (Lipinski definition) is 4. The van der Waals surface area contributed by atoms with Gasteiger partial charge in [-0.15, -0.1) is 0 Å². The number of hydrogen-bond donors (Lipinski definition) is 2. The zero-order chi connectivity index (χ0) is 21.7. The molecule has 0 amide bonds. The summed E-state index contributed by atoms with van der Waals surface area (Å²) >= 11 is 0. The molecule has 0 saturated carbocycles. The van der Waals surface area contributed by atoms with Crippen molar-refractivity contribution in [2.75, 3.05) is 6.54 Å². The van der Waals surface area contributed by atoms with Gasteiger partial charge >= 0.3 is 5.97 Å². The van der Waals surface area contributed by atoms with Crippen LogP contribution in [0.5, 0.6) is 0 Å². The van der Waals surface area contributed by atoms with Gasteiger partial charge in [0.15, 0.2) is 11.4 Å². The molecule has 0 unspecified atom stereocenters. The van der Waals surface area contributed by atoms with E-state index in [-0.39, 0.29) is 18.8 Å². The highest BCUT2D eigenvalue weighted by Gasteiger charge is 2.48. The summed E-state index contributed by atoms with van der Waals surface area (Å²) in [5.41, 5.74) is 1.10.